The fourth-order valence-corrected chi connectivity index (χ4v) is 9.86. The highest BCUT2D eigenvalue weighted by Crippen LogP contribution is 2.63. The molecule has 0 atom stereocenters. The number of benzene rings is 6. The van der Waals surface area contributed by atoms with E-state index in [1.54, 1.807) is 0 Å². The van der Waals surface area contributed by atoms with Gasteiger partial charge in [0.2, 0.25) is 0 Å². The minimum absolute atomic E-state index is 0.0671. The summed E-state index contributed by atoms with van der Waals surface area (Å²) in [5, 5.41) is 2.73. The first-order chi connectivity index (χ1) is 22.1. The van der Waals surface area contributed by atoms with E-state index in [2.05, 4.69) is 161 Å². The Labute approximate surface area is 271 Å². The van der Waals surface area contributed by atoms with Crippen LogP contribution in [0.1, 0.15) is 74.9 Å². The van der Waals surface area contributed by atoms with E-state index >= 15 is 0 Å². The van der Waals surface area contributed by atoms with Crippen LogP contribution >= 0.6 is 0 Å². The zero-order valence-corrected chi connectivity index (χ0v) is 27.4. The molecule has 1 heteroatoms. The normalized spacial score (nSPS) is 17.0. The number of para-hydroxylation sites is 1. The lowest BCUT2D eigenvalue weighted by molar-refractivity contribution is 0.650. The van der Waals surface area contributed by atoms with Crippen LogP contribution in [-0.2, 0) is 16.2 Å². The van der Waals surface area contributed by atoms with Crippen molar-refractivity contribution in [3.05, 3.63) is 149 Å². The van der Waals surface area contributed by atoms with Crippen LogP contribution in [0.4, 0.5) is 0 Å². The SMILES string of the molecule is CC1(C)c2ccccc2-c2ccc(-n3c4ccccc4c4c5c(c6c(c43)C(C)(C)c3ccccc3-6)C(C)(C)c3ccccc3-5)cc21. The van der Waals surface area contributed by atoms with E-state index in [1.165, 1.54) is 94.3 Å². The van der Waals surface area contributed by atoms with E-state index in [4.69, 9.17) is 0 Å². The van der Waals surface area contributed by atoms with E-state index in [0.717, 1.165) is 0 Å². The van der Waals surface area contributed by atoms with Gasteiger partial charge in [-0.25, -0.2) is 0 Å². The Balaban J connectivity index is 1.42. The van der Waals surface area contributed by atoms with Gasteiger partial charge in [0.25, 0.3) is 0 Å². The molecular formula is C45H37N. The van der Waals surface area contributed by atoms with Gasteiger partial charge in [0.1, 0.15) is 0 Å². The third-order valence-electron chi connectivity index (χ3n) is 11.9. The number of rotatable bonds is 1. The van der Waals surface area contributed by atoms with Crippen molar-refractivity contribution in [1.29, 1.82) is 0 Å². The van der Waals surface area contributed by atoms with Crippen molar-refractivity contribution < 1.29 is 0 Å². The van der Waals surface area contributed by atoms with Gasteiger partial charge >= 0.3 is 0 Å². The minimum Gasteiger partial charge on any atom is -0.309 e. The third kappa shape index (κ3) is 2.90. The summed E-state index contributed by atoms with van der Waals surface area (Å²) in [6, 6.07) is 43.7. The molecule has 7 aromatic rings. The van der Waals surface area contributed by atoms with Crippen LogP contribution in [0, 0.1) is 0 Å². The Bertz CT molecular complexity index is 2500. The average Bonchev–Trinajstić information content (AvgIpc) is 3.68. The number of hydrogen-bond donors (Lipinski definition) is 0. The summed E-state index contributed by atoms with van der Waals surface area (Å²) in [6.45, 7) is 14.5. The van der Waals surface area contributed by atoms with Crippen LogP contribution in [0.25, 0.3) is 60.9 Å². The zero-order chi connectivity index (χ0) is 31.3. The molecule has 0 saturated heterocycles. The lowest BCUT2D eigenvalue weighted by Gasteiger charge is -2.28. The fourth-order valence-electron chi connectivity index (χ4n) is 9.86. The molecule has 1 nitrogen and oxygen atoms in total. The van der Waals surface area contributed by atoms with Gasteiger partial charge in [-0.3, -0.25) is 0 Å². The highest BCUT2D eigenvalue weighted by molar-refractivity contribution is 6.22. The van der Waals surface area contributed by atoms with E-state index in [0.29, 0.717) is 0 Å². The smallest absolute Gasteiger partial charge is 0.0594 e. The van der Waals surface area contributed by atoms with Crippen molar-refractivity contribution in [2.24, 2.45) is 0 Å². The van der Waals surface area contributed by atoms with Gasteiger partial charge in [-0.15, -0.1) is 0 Å². The number of hydrogen-bond acceptors (Lipinski definition) is 0. The fraction of sp³-hybridized carbons (Fsp3) is 0.200. The molecule has 6 aromatic carbocycles. The van der Waals surface area contributed by atoms with E-state index in [9.17, 15) is 0 Å². The zero-order valence-electron chi connectivity index (χ0n) is 27.4. The second kappa shape index (κ2) is 8.28. The third-order valence-corrected chi connectivity index (χ3v) is 11.9. The summed E-state index contributed by atoms with van der Waals surface area (Å²) in [7, 11) is 0. The summed E-state index contributed by atoms with van der Waals surface area (Å²) < 4.78 is 2.62. The van der Waals surface area contributed by atoms with Gasteiger partial charge in [-0.1, -0.05) is 139 Å². The van der Waals surface area contributed by atoms with Crippen molar-refractivity contribution in [3.8, 4) is 39.1 Å². The molecular weight excluding hydrogens is 555 g/mol. The first-order valence-corrected chi connectivity index (χ1v) is 16.7. The summed E-state index contributed by atoms with van der Waals surface area (Å²) in [4.78, 5) is 0. The molecule has 3 aliphatic rings. The van der Waals surface area contributed by atoms with Gasteiger partial charge < -0.3 is 4.57 Å². The maximum Gasteiger partial charge on any atom is 0.0594 e. The second-order valence-electron chi connectivity index (χ2n) is 15.3. The Kier molecular flexibility index (Phi) is 4.74. The second-order valence-corrected chi connectivity index (χ2v) is 15.3. The van der Waals surface area contributed by atoms with Crippen molar-refractivity contribution in [3.63, 3.8) is 0 Å². The van der Waals surface area contributed by atoms with Gasteiger partial charge in [0, 0.05) is 32.7 Å². The van der Waals surface area contributed by atoms with Crippen LogP contribution in [0.5, 0.6) is 0 Å². The van der Waals surface area contributed by atoms with Crippen LogP contribution in [0.3, 0.4) is 0 Å². The number of nitrogens with zero attached hydrogens (tertiary/aromatic N) is 1. The molecule has 1 heterocycles. The topological polar surface area (TPSA) is 4.93 Å². The largest absolute Gasteiger partial charge is 0.309 e. The Morgan fingerprint density at radius 2 is 0.957 bits per heavy atom. The Morgan fingerprint density at radius 1 is 0.435 bits per heavy atom. The van der Waals surface area contributed by atoms with E-state index < -0.39 is 0 Å². The minimum atomic E-state index is -0.164. The average molecular weight is 592 g/mol. The Morgan fingerprint density at radius 3 is 1.65 bits per heavy atom. The predicted molar refractivity (Wildman–Crippen MR) is 193 cm³/mol. The monoisotopic (exact) mass is 591 g/mol. The Hall–Kier alpha value is -4.88. The van der Waals surface area contributed by atoms with Crippen LogP contribution in [0.2, 0.25) is 0 Å². The molecule has 0 N–H and O–H groups in total. The molecule has 3 aliphatic carbocycles. The van der Waals surface area contributed by atoms with Crippen molar-refractivity contribution in [2.45, 2.75) is 57.8 Å². The first-order valence-electron chi connectivity index (χ1n) is 16.7. The quantitative estimate of drug-likeness (QED) is 0.179. The first kappa shape index (κ1) is 26.3. The predicted octanol–water partition coefficient (Wildman–Crippen LogP) is 11.7. The van der Waals surface area contributed by atoms with Crippen molar-refractivity contribution in [2.75, 3.05) is 0 Å². The molecule has 0 saturated carbocycles. The molecule has 0 spiro atoms. The molecule has 0 fully saturated rings. The standard InChI is InChI=1S/C45H37N/c1-43(2)32-19-11-7-15-27(32)28-24-23-26(25-35(28)43)46-36-22-14-10-18-31(36)38-37-29-16-8-12-20-33(29)44(3,4)40(37)39-30-17-9-13-21-34(30)45(5,6)41(39)42(38)46/h7-25H,1-6H3. The van der Waals surface area contributed by atoms with Crippen LogP contribution < -0.4 is 0 Å². The molecule has 10 rings (SSSR count). The maximum atomic E-state index is 2.62. The van der Waals surface area contributed by atoms with E-state index in [-0.39, 0.29) is 16.2 Å². The van der Waals surface area contributed by atoms with E-state index in [1.807, 2.05) is 0 Å². The number of aromatic nitrogens is 1. The summed E-state index contributed by atoms with van der Waals surface area (Å²) >= 11 is 0. The summed E-state index contributed by atoms with van der Waals surface area (Å²) in [6.07, 6.45) is 0. The summed E-state index contributed by atoms with van der Waals surface area (Å²) in [5.41, 5.74) is 20.5. The molecule has 0 bridgehead atoms. The van der Waals surface area contributed by atoms with Crippen LogP contribution in [0.15, 0.2) is 115 Å². The summed E-state index contributed by atoms with van der Waals surface area (Å²) in [5.74, 6) is 0. The lowest BCUT2D eigenvalue weighted by Crippen LogP contribution is -2.19. The lowest BCUT2D eigenvalue weighted by atomic mass is 9.76. The maximum absolute atomic E-state index is 2.62. The molecule has 0 aliphatic heterocycles. The van der Waals surface area contributed by atoms with Crippen molar-refractivity contribution >= 4 is 21.8 Å². The van der Waals surface area contributed by atoms with Gasteiger partial charge in [-0.2, -0.15) is 0 Å². The highest BCUT2D eigenvalue weighted by atomic mass is 15.0. The molecule has 0 amide bonds. The van der Waals surface area contributed by atoms with Gasteiger partial charge in [0.15, 0.2) is 0 Å². The van der Waals surface area contributed by atoms with Gasteiger partial charge in [-0.05, 0) is 85.0 Å². The molecule has 222 valence electrons. The molecule has 46 heavy (non-hydrogen) atoms. The number of fused-ring (bicyclic) bond motifs is 15. The highest BCUT2D eigenvalue weighted by Gasteiger charge is 2.47. The van der Waals surface area contributed by atoms with Crippen LogP contribution in [-0.4, -0.2) is 4.57 Å². The molecule has 0 radical (unpaired) electrons. The van der Waals surface area contributed by atoms with Crippen molar-refractivity contribution in [1.82, 2.24) is 4.57 Å². The molecule has 1 aromatic heterocycles. The molecule has 0 unspecified atom stereocenters. The van der Waals surface area contributed by atoms with Gasteiger partial charge in [0.05, 0.1) is 11.0 Å².